The third kappa shape index (κ3) is 5.24. The second-order valence-corrected chi connectivity index (χ2v) is 6.90. The molecule has 0 saturated heterocycles. The number of hydrogen-bond donors (Lipinski definition) is 1. The minimum absolute atomic E-state index is 0.140. The van der Waals surface area contributed by atoms with E-state index in [4.69, 9.17) is 5.26 Å². The maximum Gasteiger partial charge on any atom is 0.393 e. The molecule has 0 radical (unpaired) electrons. The third-order valence-electron chi connectivity index (χ3n) is 5.34. The number of benzene rings is 1. The van der Waals surface area contributed by atoms with Crippen LogP contribution in [-0.4, -0.2) is 12.2 Å². The molecule has 0 unspecified atom stereocenters. The van der Waals surface area contributed by atoms with Gasteiger partial charge >= 0.3 is 6.18 Å². The predicted molar refractivity (Wildman–Crippen MR) is 88.3 cm³/mol. The van der Waals surface area contributed by atoms with Gasteiger partial charge in [0, 0.05) is 19.0 Å². The lowest BCUT2D eigenvalue weighted by molar-refractivity contribution is -0.127. The number of rotatable bonds is 6. The minimum Gasteiger partial charge on any atom is -0.310 e. The zero-order valence-corrected chi connectivity index (χ0v) is 14.1. The van der Waals surface area contributed by atoms with E-state index in [-0.39, 0.29) is 5.41 Å². The fourth-order valence-corrected chi connectivity index (χ4v) is 3.63. The summed E-state index contributed by atoms with van der Waals surface area (Å²) in [4.78, 5) is 0. The van der Waals surface area contributed by atoms with Crippen molar-refractivity contribution in [2.75, 3.05) is 0 Å². The van der Waals surface area contributed by atoms with Crippen molar-refractivity contribution >= 4 is 0 Å². The Labute approximate surface area is 142 Å². The van der Waals surface area contributed by atoms with Crippen molar-refractivity contribution in [3.8, 4) is 6.07 Å². The number of nitrogens with one attached hydrogen (secondary N) is 1. The number of hydrogen-bond acceptors (Lipinski definition) is 2. The molecule has 5 heteroatoms. The van der Waals surface area contributed by atoms with E-state index in [0.29, 0.717) is 24.6 Å². The molecule has 1 aromatic carbocycles. The Morgan fingerprint density at radius 3 is 2.38 bits per heavy atom. The molecule has 0 bridgehead atoms. The summed E-state index contributed by atoms with van der Waals surface area (Å²) >= 11 is 0. The molecule has 1 aliphatic rings. The molecule has 1 N–H and O–H groups in total. The van der Waals surface area contributed by atoms with Crippen LogP contribution in [0, 0.1) is 16.7 Å². The Hall–Kier alpha value is -1.54. The van der Waals surface area contributed by atoms with Crippen molar-refractivity contribution in [2.24, 2.45) is 5.41 Å². The van der Waals surface area contributed by atoms with Crippen LogP contribution in [0.2, 0.25) is 0 Å². The first-order valence-corrected chi connectivity index (χ1v) is 8.61. The van der Waals surface area contributed by atoms with Crippen LogP contribution in [0.5, 0.6) is 0 Å². The lowest BCUT2D eigenvalue weighted by atomic mass is 9.69. The predicted octanol–water partition coefficient (Wildman–Crippen LogP) is 5.13. The highest BCUT2D eigenvalue weighted by Crippen LogP contribution is 2.41. The van der Waals surface area contributed by atoms with Gasteiger partial charge in [-0.25, -0.2) is 0 Å². The summed E-state index contributed by atoms with van der Waals surface area (Å²) < 4.78 is 38.0. The molecule has 24 heavy (non-hydrogen) atoms. The van der Waals surface area contributed by atoms with Crippen molar-refractivity contribution in [3.63, 3.8) is 0 Å². The standard InChI is InChI=1S/C19H25F3N2/c1-2-18(11-12-23)9-7-17(8-10-18)24-14-16-6-4-3-5-15(16)13-19(20,21)22/h3-6,17,24H,2,7-11,13-14H2,1H3/t17-,18+. The van der Waals surface area contributed by atoms with Crippen LogP contribution in [0.15, 0.2) is 24.3 Å². The van der Waals surface area contributed by atoms with Crippen LogP contribution in [0.4, 0.5) is 13.2 Å². The van der Waals surface area contributed by atoms with Gasteiger partial charge in [-0.2, -0.15) is 18.4 Å². The third-order valence-corrected chi connectivity index (χ3v) is 5.34. The Morgan fingerprint density at radius 2 is 1.83 bits per heavy atom. The lowest BCUT2D eigenvalue weighted by Gasteiger charge is -2.38. The first-order valence-electron chi connectivity index (χ1n) is 8.61. The monoisotopic (exact) mass is 338 g/mol. The average Bonchev–Trinajstić information content (AvgIpc) is 2.54. The molecule has 132 valence electrons. The molecule has 2 rings (SSSR count). The van der Waals surface area contributed by atoms with Gasteiger partial charge in [0.15, 0.2) is 0 Å². The maximum atomic E-state index is 12.7. The largest absolute Gasteiger partial charge is 0.393 e. The van der Waals surface area contributed by atoms with Crippen LogP contribution in [-0.2, 0) is 13.0 Å². The molecule has 1 aromatic rings. The summed E-state index contributed by atoms with van der Waals surface area (Å²) in [6, 6.07) is 9.39. The molecule has 1 saturated carbocycles. The molecule has 2 nitrogen and oxygen atoms in total. The van der Waals surface area contributed by atoms with E-state index in [2.05, 4.69) is 18.3 Å². The molecular formula is C19H25F3N2. The van der Waals surface area contributed by atoms with Crippen LogP contribution in [0.25, 0.3) is 0 Å². The first kappa shape index (κ1) is 18.8. The molecule has 0 aliphatic heterocycles. The summed E-state index contributed by atoms with van der Waals surface area (Å²) in [7, 11) is 0. The zero-order chi connectivity index (χ0) is 17.6. The SMILES string of the molecule is CC[C@]1(CC#N)CC[C@@H](NCc2ccccc2CC(F)(F)F)CC1. The van der Waals surface area contributed by atoms with E-state index in [1.807, 2.05) is 0 Å². The Kier molecular flexibility index (Phi) is 6.28. The van der Waals surface area contributed by atoms with Gasteiger partial charge in [0.05, 0.1) is 12.5 Å². The van der Waals surface area contributed by atoms with Crippen molar-refractivity contribution in [2.45, 2.75) is 70.6 Å². The van der Waals surface area contributed by atoms with E-state index in [0.717, 1.165) is 37.7 Å². The minimum atomic E-state index is -4.18. The van der Waals surface area contributed by atoms with Crippen LogP contribution < -0.4 is 5.32 Å². The van der Waals surface area contributed by atoms with Gasteiger partial charge in [-0.05, 0) is 48.6 Å². The maximum absolute atomic E-state index is 12.7. The number of nitriles is 1. The fraction of sp³-hybridized carbons (Fsp3) is 0.632. The average molecular weight is 338 g/mol. The molecule has 0 atom stereocenters. The first-order chi connectivity index (χ1) is 11.4. The Balaban J connectivity index is 1.90. The molecule has 0 heterocycles. The molecule has 1 fully saturated rings. The highest BCUT2D eigenvalue weighted by atomic mass is 19.4. The molecular weight excluding hydrogens is 313 g/mol. The quantitative estimate of drug-likeness (QED) is 0.780. The smallest absolute Gasteiger partial charge is 0.310 e. The van der Waals surface area contributed by atoms with E-state index < -0.39 is 12.6 Å². The lowest BCUT2D eigenvalue weighted by Crippen LogP contribution is -2.37. The molecule has 0 spiro atoms. The van der Waals surface area contributed by atoms with Crippen molar-refractivity contribution < 1.29 is 13.2 Å². The summed E-state index contributed by atoms with van der Waals surface area (Å²) in [6.07, 6.45) is 0.549. The van der Waals surface area contributed by atoms with Crippen molar-refractivity contribution in [3.05, 3.63) is 35.4 Å². The second kappa shape index (κ2) is 8.02. The van der Waals surface area contributed by atoms with Crippen molar-refractivity contribution in [1.82, 2.24) is 5.32 Å². The van der Waals surface area contributed by atoms with E-state index >= 15 is 0 Å². The summed E-state index contributed by atoms with van der Waals surface area (Å²) in [5, 5.41) is 12.4. The van der Waals surface area contributed by atoms with Gasteiger partial charge in [0.1, 0.15) is 0 Å². The summed E-state index contributed by atoms with van der Waals surface area (Å²) in [5.74, 6) is 0. The normalized spacial score (nSPS) is 24.5. The van der Waals surface area contributed by atoms with Crippen LogP contribution >= 0.6 is 0 Å². The second-order valence-electron chi connectivity index (χ2n) is 6.90. The number of alkyl halides is 3. The van der Waals surface area contributed by atoms with Gasteiger partial charge < -0.3 is 5.32 Å². The molecule has 1 aliphatic carbocycles. The van der Waals surface area contributed by atoms with Crippen LogP contribution in [0.3, 0.4) is 0 Å². The zero-order valence-electron chi connectivity index (χ0n) is 14.1. The molecule has 0 aromatic heterocycles. The number of nitrogens with zero attached hydrogens (tertiary/aromatic N) is 1. The fourth-order valence-electron chi connectivity index (χ4n) is 3.63. The highest BCUT2D eigenvalue weighted by Gasteiger charge is 2.33. The van der Waals surface area contributed by atoms with Gasteiger partial charge in [-0.3, -0.25) is 0 Å². The summed E-state index contributed by atoms with van der Waals surface area (Å²) in [5.41, 5.74) is 1.21. The van der Waals surface area contributed by atoms with E-state index in [1.54, 1.807) is 24.3 Å². The topological polar surface area (TPSA) is 35.8 Å². The van der Waals surface area contributed by atoms with Gasteiger partial charge in [0.25, 0.3) is 0 Å². The van der Waals surface area contributed by atoms with E-state index in [9.17, 15) is 13.2 Å². The van der Waals surface area contributed by atoms with Gasteiger partial charge in [-0.15, -0.1) is 0 Å². The molecule has 0 amide bonds. The Bertz CT molecular complexity index is 567. The van der Waals surface area contributed by atoms with E-state index in [1.165, 1.54) is 0 Å². The highest BCUT2D eigenvalue weighted by molar-refractivity contribution is 5.27. The van der Waals surface area contributed by atoms with Crippen LogP contribution in [0.1, 0.15) is 56.6 Å². The summed E-state index contributed by atoms with van der Waals surface area (Å²) in [6.45, 7) is 2.60. The van der Waals surface area contributed by atoms with Gasteiger partial charge in [0.2, 0.25) is 0 Å². The van der Waals surface area contributed by atoms with Gasteiger partial charge in [-0.1, -0.05) is 31.2 Å². The number of halogens is 3. The van der Waals surface area contributed by atoms with Crippen molar-refractivity contribution in [1.29, 1.82) is 5.26 Å². The Morgan fingerprint density at radius 1 is 1.21 bits per heavy atom.